The molecule has 0 saturated carbocycles. The maximum absolute atomic E-state index is 8.74. The second-order valence-electron chi connectivity index (χ2n) is 5.10. The minimum Gasteiger partial charge on any atom is -0.327 e. The van der Waals surface area contributed by atoms with Crippen LogP contribution >= 0.6 is 0 Å². The molecule has 0 amide bonds. The van der Waals surface area contributed by atoms with Crippen molar-refractivity contribution in [1.29, 1.82) is 5.26 Å². The van der Waals surface area contributed by atoms with Gasteiger partial charge in [0, 0.05) is 25.7 Å². The van der Waals surface area contributed by atoms with Crippen molar-refractivity contribution in [3.63, 3.8) is 0 Å². The van der Waals surface area contributed by atoms with Crippen molar-refractivity contribution < 1.29 is 0 Å². The quantitative estimate of drug-likeness (QED) is 0.840. The molecule has 0 bridgehead atoms. The van der Waals surface area contributed by atoms with E-state index in [0.717, 1.165) is 31.6 Å². The van der Waals surface area contributed by atoms with Crippen LogP contribution in [0.4, 0.5) is 0 Å². The SMILES string of the molecule is CC1CC(N)CN(Cc2ccc(C#N)cc2)C1. The summed E-state index contributed by atoms with van der Waals surface area (Å²) in [6.45, 7) is 5.28. The largest absolute Gasteiger partial charge is 0.327 e. The molecule has 0 spiro atoms. The Labute approximate surface area is 103 Å². The van der Waals surface area contributed by atoms with Crippen LogP contribution in [-0.4, -0.2) is 24.0 Å². The van der Waals surface area contributed by atoms with E-state index in [1.807, 2.05) is 24.3 Å². The number of piperidine rings is 1. The first kappa shape index (κ1) is 12.1. The van der Waals surface area contributed by atoms with Gasteiger partial charge in [-0.25, -0.2) is 0 Å². The lowest BCUT2D eigenvalue weighted by atomic mass is 9.96. The third kappa shape index (κ3) is 3.29. The van der Waals surface area contributed by atoms with Gasteiger partial charge in [0.25, 0.3) is 0 Å². The molecule has 1 aromatic rings. The molecule has 3 nitrogen and oxygen atoms in total. The van der Waals surface area contributed by atoms with E-state index in [-0.39, 0.29) is 0 Å². The first-order valence-corrected chi connectivity index (χ1v) is 6.14. The first-order chi connectivity index (χ1) is 8.17. The lowest BCUT2D eigenvalue weighted by molar-refractivity contribution is 0.158. The fourth-order valence-corrected chi connectivity index (χ4v) is 2.58. The highest BCUT2D eigenvalue weighted by Gasteiger charge is 2.21. The van der Waals surface area contributed by atoms with Gasteiger partial charge < -0.3 is 5.73 Å². The van der Waals surface area contributed by atoms with Crippen molar-refractivity contribution in [2.24, 2.45) is 11.7 Å². The molecule has 1 aromatic carbocycles. The van der Waals surface area contributed by atoms with Gasteiger partial charge in [-0.05, 0) is 30.0 Å². The fourth-order valence-electron chi connectivity index (χ4n) is 2.58. The molecule has 1 heterocycles. The van der Waals surface area contributed by atoms with Crippen molar-refractivity contribution in [3.8, 4) is 6.07 Å². The van der Waals surface area contributed by atoms with Gasteiger partial charge in [-0.15, -0.1) is 0 Å². The zero-order valence-corrected chi connectivity index (χ0v) is 10.3. The third-order valence-electron chi connectivity index (χ3n) is 3.26. The van der Waals surface area contributed by atoms with E-state index in [2.05, 4.69) is 17.9 Å². The van der Waals surface area contributed by atoms with Crippen LogP contribution in [0.2, 0.25) is 0 Å². The van der Waals surface area contributed by atoms with Gasteiger partial charge in [0.15, 0.2) is 0 Å². The highest BCUT2D eigenvalue weighted by molar-refractivity contribution is 5.31. The maximum Gasteiger partial charge on any atom is 0.0991 e. The van der Waals surface area contributed by atoms with E-state index in [9.17, 15) is 0 Å². The summed E-state index contributed by atoms with van der Waals surface area (Å²) in [7, 11) is 0. The summed E-state index contributed by atoms with van der Waals surface area (Å²) in [5.41, 5.74) is 8.00. The molecular formula is C14H19N3. The van der Waals surface area contributed by atoms with Crippen molar-refractivity contribution in [3.05, 3.63) is 35.4 Å². The van der Waals surface area contributed by atoms with Crippen LogP contribution in [0.25, 0.3) is 0 Å². The van der Waals surface area contributed by atoms with Crippen LogP contribution in [0.1, 0.15) is 24.5 Å². The highest BCUT2D eigenvalue weighted by Crippen LogP contribution is 2.17. The lowest BCUT2D eigenvalue weighted by Gasteiger charge is -2.34. The van der Waals surface area contributed by atoms with E-state index in [1.165, 1.54) is 5.56 Å². The molecule has 1 fully saturated rings. The van der Waals surface area contributed by atoms with Crippen LogP contribution in [-0.2, 0) is 6.54 Å². The Hall–Kier alpha value is -1.37. The number of rotatable bonds is 2. The molecule has 90 valence electrons. The van der Waals surface area contributed by atoms with Gasteiger partial charge in [0.2, 0.25) is 0 Å². The molecule has 3 heteroatoms. The minimum atomic E-state index is 0.303. The Morgan fingerprint density at radius 3 is 2.65 bits per heavy atom. The van der Waals surface area contributed by atoms with Crippen LogP contribution in [0.3, 0.4) is 0 Å². The van der Waals surface area contributed by atoms with Gasteiger partial charge in [-0.2, -0.15) is 5.26 Å². The number of hydrogen-bond donors (Lipinski definition) is 1. The Kier molecular flexibility index (Phi) is 3.78. The van der Waals surface area contributed by atoms with Gasteiger partial charge in [-0.3, -0.25) is 4.90 Å². The summed E-state index contributed by atoms with van der Waals surface area (Å²) >= 11 is 0. The van der Waals surface area contributed by atoms with Crippen LogP contribution in [0.15, 0.2) is 24.3 Å². The molecule has 0 aliphatic carbocycles. The number of nitriles is 1. The molecule has 2 atom stereocenters. The minimum absolute atomic E-state index is 0.303. The zero-order chi connectivity index (χ0) is 12.3. The Morgan fingerprint density at radius 1 is 1.35 bits per heavy atom. The molecular weight excluding hydrogens is 210 g/mol. The molecule has 1 saturated heterocycles. The number of likely N-dealkylation sites (tertiary alicyclic amines) is 1. The van der Waals surface area contributed by atoms with Gasteiger partial charge in [0.1, 0.15) is 0 Å². The van der Waals surface area contributed by atoms with Crippen molar-refractivity contribution >= 4 is 0 Å². The predicted octanol–water partition coefficient (Wildman–Crippen LogP) is 1.73. The highest BCUT2D eigenvalue weighted by atomic mass is 15.1. The number of nitrogens with two attached hydrogens (primary N) is 1. The Morgan fingerprint density at radius 2 is 2.06 bits per heavy atom. The smallest absolute Gasteiger partial charge is 0.0991 e. The van der Waals surface area contributed by atoms with Crippen molar-refractivity contribution in [2.75, 3.05) is 13.1 Å². The molecule has 0 aromatic heterocycles. The number of benzene rings is 1. The Balaban J connectivity index is 1.98. The zero-order valence-electron chi connectivity index (χ0n) is 10.3. The van der Waals surface area contributed by atoms with E-state index in [1.54, 1.807) is 0 Å². The van der Waals surface area contributed by atoms with Gasteiger partial charge in [-0.1, -0.05) is 19.1 Å². The molecule has 2 rings (SSSR count). The lowest BCUT2D eigenvalue weighted by Crippen LogP contribution is -2.45. The second-order valence-corrected chi connectivity index (χ2v) is 5.10. The summed E-state index contributed by atoms with van der Waals surface area (Å²) in [4.78, 5) is 2.40. The number of nitrogens with zero attached hydrogens (tertiary/aromatic N) is 2. The molecule has 1 aliphatic rings. The molecule has 1 aliphatic heterocycles. The van der Waals surface area contributed by atoms with Gasteiger partial charge in [0.05, 0.1) is 11.6 Å². The maximum atomic E-state index is 8.74. The standard InChI is InChI=1S/C14H19N3/c1-11-6-14(16)10-17(8-11)9-13-4-2-12(7-15)3-5-13/h2-5,11,14H,6,8-10,16H2,1H3. The molecule has 2 unspecified atom stereocenters. The van der Waals surface area contributed by atoms with Crippen LogP contribution in [0, 0.1) is 17.2 Å². The summed E-state index contributed by atoms with van der Waals surface area (Å²) < 4.78 is 0. The fraction of sp³-hybridized carbons (Fsp3) is 0.500. The van der Waals surface area contributed by atoms with Crippen molar-refractivity contribution in [2.45, 2.75) is 25.9 Å². The van der Waals surface area contributed by atoms with E-state index in [0.29, 0.717) is 12.0 Å². The average molecular weight is 229 g/mol. The predicted molar refractivity (Wildman–Crippen MR) is 68.2 cm³/mol. The number of hydrogen-bond acceptors (Lipinski definition) is 3. The molecule has 0 radical (unpaired) electrons. The van der Waals surface area contributed by atoms with Crippen LogP contribution in [0.5, 0.6) is 0 Å². The Bertz CT molecular complexity index is 394. The molecule has 17 heavy (non-hydrogen) atoms. The summed E-state index contributed by atoms with van der Waals surface area (Å²) in [5.74, 6) is 0.678. The van der Waals surface area contributed by atoms with E-state index >= 15 is 0 Å². The topological polar surface area (TPSA) is 53.0 Å². The first-order valence-electron chi connectivity index (χ1n) is 6.14. The average Bonchev–Trinajstić information content (AvgIpc) is 2.28. The summed E-state index contributed by atoms with van der Waals surface area (Å²) in [5, 5.41) is 8.74. The van der Waals surface area contributed by atoms with E-state index in [4.69, 9.17) is 11.0 Å². The van der Waals surface area contributed by atoms with Crippen LogP contribution < -0.4 is 5.73 Å². The third-order valence-corrected chi connectivity index (χ3v) is 3.26. The molecule has 2 N–H and O–H groups in total. The van der Waals surface area contributed by atoms with Gasteiger partial charge >= 0.3 is 0 Å². The second kappa shape index (κ2) is 5.31. The normalized spacial score (nSPS) is 25.5. The van der Waals surface area contributed by atoms with E-state index < -0.39 is 0 Å². The monoisotopic (exact) mass is 229 g/mol. The van der Waals surface area contributed by atoms with Crippen molar-refractivity contribution in [1.82, 2.24) is 4.90 Å². The summed E-state index contributed by atoms with van der Waals surface area (Å²) in [6.07, 6.45) is 1.13. The summed E-state index contributed by atoms with van der Waals surface area (Å²) in [6, 6.07) is 10.3.